The highest BCUT2D eigenvalue weighted by Crippen LogP contribution is 2.31. The summed E-state index contributed by atoms with van der Waals surface area (Å²) in [6.45, 7) is 0. The largest absolute Gasteiger partial charge is 0.495 e. The SMILES string of the molecule is COc1ccc([N+](=O)[O-])cc1NC(=O)/C(C#N)=C/c1ccc(OC(=O)c2ccc(Cl)cc2)c(OC)c1. The first-order chi connectivity index (χ1) is 17.2. The van der Waals surface area contributed by atoms with Crippen LogP contribution in [0.5, 0.6) is 17.2 Å². The van der Waals surface area contributed by atoms with E-state index in [0.29, 0.717) is 10.6 Å². The third kappa shape index (κ3) is 6.16. The standard InChI is InChI=1S/C25H18ClN3O7/c1-34-21-10-8-19(29(32)33)13-20(21)28-24(30)17(14-27)11-15-3-9-22(23(12-15)35-2)36-25(31)16-4-6-18(26)7-5-16/h3-13H,1-2H3,(H,28,30)/b17-11+. The molecule has 0 atom stereocenters. The van der Waals surface area contributed by atoms with Gasteiger partial charge in [-0.3, -0.25) is 14.9 Å². The van der Waals surface area contributed by atoms with Crippen LogP contribution in [0.4, 0.5) is 11.4 Å². The van der Waals surface area contributed by atoms with Crippen molar-refractivity contribution in [2.45, 2.75) is 0 Å². The van der Waals surface area contributed by atoms with Gasteiger partial charge in [-0.15, -0.1) is 0 Å². The van der Waals surface area contributed by atoms with Crippen LogP contribution in [-0.4, -0.2) is 31.0 Å². The second-order valence-electron chi connectivity index (χ2n) is 7.07. The van der Waals surface area contributed by atoms with Crippen molar-refractivity contribution in [2.75, 3.05) is 19.5 Å². The van der Waals surface area contributed by atoms with Crippen LogP contribution in [0.25, 0.3) is 6.08 Å². The number of esters is 1. The lowest BCUT2D eigenvalue weighted by atomic mass is 10.1. The predicted octanol–water partition coefficient (Wildman–Crippen LogP) is 5.03. The Kier molecular flexibility index (Phi) is 8.22. The van der Waals surface area contributed by atoms with Crippen molar-refractivity contribution < 1.29 is 28.7 Å². The fraction of sp³-hybridized carbons (Fsp3) is 0.0800. The number of nitriles is 1. The van der Waals surface area contributed by atoms with Gasteiger partial charge in [0.25, 0.3) is 11.6 Å². The van der Waals surface area contributed by atoms with Gasteiger partial charge in [0, 0.05) is 17.2 Å². The van der Waals surface area contributed by atoms with Crippen molar-refractivity contribution in [2.24, 2.45) is 0 Å². The molecule has 0 aliphatic heterocycles. The zero-order chi connectivity index (χ0) is 26.2. The molecule has 10 nitrogen and oxygen atoms in total. The van der Waals surface area contributed by atoms with Crippen LogP contribution < -0.4 is 19.5 Å². The van der Waals surface area contributed by atoms with E-state index in [1.807, 2.05) is 0 Å². The number of nitrogens with one attached hydrogen (secondary N) is 1. The molecule has 36 heavy (non-hydrogen) atoms. The second-order valence-corrected chi connectivity index (χ2v) is 7.51. The summed E-state index contributed by atoms with van der Waals surface area (Å²) in [4.78, 5) is 35.5. The third-order valence-electron chi connectivity index (χ3n) is 4.79. The van der Waals surface area contributed by atoms with Crippen LogP contribution in [0, 0.1) is 21.4 Å². The van der Waals surface area contributed by atoms with Crippen LogP contribution >= 0.6 is 11.6 Å². The van der Waals surface area contributed by atoms with Gasteiger partial charge in [-0.2, -0.15) is 5.26 Å². The molecule has 0 aromatic heterocycles. The lowest BCUT2D eigenvalue weighted by Crippen LogP contribution is -2.14. The molecule has 3 aromatic rings. The number of hydrogen-bond acceptors (Lipinski definition) is 8. The summed E-state index contributed by atoms with van der Waals surface area (Å²) >= 11 is 5.83. The number of nitro groups is 1. The normalized spacial score (nSPS) is 10.7. The van der Waals surface area contributed by atoms with Crippen LogP contribution in [0.2, 0.25) is 5.02 Å². The van der Waals surface area contributed by atoms with Gasteiger partial charge >= 0.3 is 5.97 Å². The zero-order valence-corrected chi connectivity index (χ0v) is 19.7. The number of hydrogen-bond donors (Lipinski definition) is 1. The first-order valence-electron chi connectivity index (χ1n) is 10.2. The molecule has 3 aromatic carbocycles. The highest BCUT2D eigenvalue weighted by atomic mass is 35.5. The smallest absolute Gasteiger partial charge is 0.343 e. The Hall–Kier alpha value is -4.88. The molecule has 0 aliphatic rings. The molecule has 1 amide bonds. The van der Waals surface area contributed by atoms with Gasteiger partial charge in [0.05, 0.1) is 30.4 Å². The quantitative estimate of drug-likeness (QED) is 0.112. The van der Waals surface area contributed by atoms with Gasteiger partial charge in [0.15, 0.2) is 11.5 Å². The molecule has 0 bridgehead atoms. The van der Waals surface area contributed by atoms with E-state index in [0.717, 1.165) is 6.07 Å². The summed E-state index contributed by atoms with van der Waals surface area (Å²) in [7, 11) is 2.71. The van der Waals surface area contributed by atoms with Crippen molar-refractivity contribution in [3.8, 4) is 23.3 Å². The van der Waals surface area contributed by atoms with Crippen molar-refractivity contribution in [1.29, 1.82) is 5.26 Å². The molecule has 0 heterocycles. The van der Waals surface area contributed by atoms with Crippen LogP contribution in [0.3, 0.4) is 0 Å². The summed E-state index contributed by atoms with van der Waals surface area (Å²) < 4.78 is 15.8. The molecule has 0 saturated heterocycles. The van der Waals surface area contributed by atoms with Crippen LogP contribution in [-0.2, 0) is 4.79 Å². The first-order valence-corrected chi connectivity index (χ1v) is 10.5. The number of carbonyl (C=O) groups is 2. The minimum absolute atomic E-state index is 0.0277. The minimum atomic E-state index is -0.812. The fourth-order valence-corrected chi connectivity index (χ4v) is 3.14. The Morgan fingerprint density at radius 1 is 1.00 bits per heavy atom. The fourth-order valence-electron chi connectivity index (χ4n) is 3.02. The number of anilines is 1. The van der Waals surface area contributed by atoms with Crippen LogP contribution in [0.15, 0.2) is 66.2 Å². The average Bonchev–Trinajstić information content (AvgIpc) is 2.88. The topological polar surface area (TPSA) is 141 Å². The lowest BCUT2D eigenvalue weighted by Gasteiger charge is -2.11. The number of non-ortho nitro benzene ring substituents is 1. The van der Waals surface area contributed by atoms with E-state index >= 15 is 0 Å². The third-order valence-corrected chi connectivity index (χ3v) is 5.04. The predicted molar refractivity (Wildman–Crippen MR) is 131 cm³/mol. The maximum absolute atomic E-state index is 12.7. The summed E-state index contributed by atoms with van der Waals surface area (Å²) in [5.74, 6) is -0.951. The molecule has 0 aliphatic carbocycles. The van der Waals surface area contributed by atoms with Crippen molar-refractivity contribution in [3.63, 3.8) is 0 Å². The molecular weight excluding hydrogens is 490 g/mol. The summed E-state index contributed by atoms with van der Waals surface area (Å²) in [5, 5.41) is 23.5. The molecule has 0 spiro atoms. The minimum Gasteiger partial charge on any atom is -0.495 e. The van der Waals surface area contributed by atoms with E-state index < -0.39 is 16.8 Å². The highest BCUT2D eigenvalue weighted by molar-refractivity contribution is 6.30. The van der Waals surface area contributed by atoms with Crippen molar-refractivity contribution >= 4 is 40.9 Å². The first kappa shape index (κ1) is 25.7. The Balaban J connectivity index is 1.83. The van der Waals surface area contributed by atoms with E-state index in [-0.39, 0.29) is 39.8 Å². The van der Waals surface area contributed by atoms with Gasteiger partial charge < -0.3 is 19.5 Å². The second kappa shape index (κ2) is 11.5. The number of rotatable bonds is 8. The number of nitrogens with zero attached hydrogens (tertiary/aromatic N) is 2. The van der Waals surface area contributed by atoms with Gasteiger partial charge in [-0.05, 0) is 54.1 Å². The van der Waals surface area contributed by atoms with Gasteiger partial charge in [-0.1, -0.05) is 17.7 Å². The highest BCUT2D eigenvalue weighted by Gasteiger charge is 2.17. The van der Waals surface area contributed by atoms with Gasteiger partial charge in [0.2, 0.25) is 0 Å². The Bertz CT molecular complexity index is 1400. The summed E-state index contributed by atoms with van der Waals surface area (Å²) in [5.41, 5.74) is 0.153. The van der Waals surface area contributed by atoms with Gasteiger partial charge in [-0.25, -0.2) is 4.79 Å². The molecule has 11 heteroatoms. The maximum atomic E-state index is 12.7. The van der Waals surface area contributed by atoms with E-state index in [9.17, 15) is 25.0 Å². The summed E-state index contributed by atoms with van der Waals surface area (Å²) in [6, 6.07) is 16.1. The number of ether oxygens (including phenoxy) is 3. The summed E-state index contributed by atoms with van der Waals surface area (Å²) in [6.07, 6.45) is 1.28. The number of methoxy groups -OCH3 is 2. The monoisotopic (exact) mass is 507 g/mol. The molecule has 182 valence electrons. The molecule has 0 radical (unpaired) electrons. The number of halogens is 1. The van der Waals surface area contributed by atoms with E-state index in [1.165, 1.54) is 62.8 Å². The van der Waals surface area contributed by atoms with E-state index in [1.54, 1.807) is 18.2 Å². The lowest BCUT2D eigenvalue weighted by molar-refractivity contribution is -0.384. The molecule has 0 fully saturated rings. The molecule has 3 rings (SSSR count). The van der Waals surface area contributed by atoms with E-state index in [4.69, 9.17) is 25.8 Å². The number of amides is 1. The van der Waals surface area contributed by atoms with Crippen LogP contribution in [0.1, 0.15) is 15.9 Å². The Morgan fingerprint density at radius 2 is 1.67 bits per heavy atom. The Labute approximate surface area is 210 Å². The average molecular weight is 508 g/mol. The molecular formula is C25H18ClN3O7. The van der Waals surface area contributed by atoms with Crippen molar-refractivity contribution in [3.05, 3.63) is 92.5 Å². The molecule has 1 N–H and O–H groups in total. The molecule has 0 saturated carbocycles. The zero-order valence-electron chi connectivity index (χ0n) is 19.0. The number of nitro benzene ring substituents is 1. The van der Waals surface area contributed by atoms with Crippen molar-refractivity contribution in [1.82, 2.24) is 0 Å². The number of benzene rings is 3. The maximum Gasteiger partial charge on any atom is 0.343 e. The van der Waals surface area contributed by atoms with Gasteiger partial charge in [0.1, 0.15) is 17.4 Å². The molecule has 0 unspecified atom stereocenters. The Morgan fingerprint density at radius 3 is 2.28 bits per heavy atom. The van der Waals surface area contributed by atoms with E-state index in [2.05, 4.69) is 5.32 Å². The number of carbonyl (C=O) groups excluding carboxylic acids is 2.